The topological polar surface area (TPSA) is 101 Å². The van der Waals surface area contributed by atoms with Gasteiger partial charge in [0, 0.05) is 42.9 Å². The number of carbonyl (C=O) groups excluding carboxylic acids is 2. The van der Waals surface area contributed by atoms with Gasteiger partial charge < -0.3 is 19.9 Å². The lowest BCUT2D eigenvalue weighted by Gasteiger charge is -2.37. The molecule has 0 radical (unpaired) electrons. The molecule has 2 aromatic heterocycles. The Morgan fingerprint density at radius 2 is 1.84 bits per heavy atom. The fourth-order valence-electron chi connectivity index (χ4n) is 4.35. The Balaban J connectivity index is 1.37. The molecule has 0 unspecified atom stereocenters. The molecule has 0 aliphatic carbocycles. The molecule has 11 heteroatoms. The summed E-state index contributed by atoms with van der Waals surface area (Å²) in [5.41, 5.74) is 1.78. The predicted octanol–water partition coefficient (Wildman–Crippen LogP) is 5.00. The van der Waals surface area contributed by atoms with E-state index in [4.69, 9.17) is 4.74 Å². The SMILES string of the molecule is Cc1nc2c(F)cc(NC(=O)c3ccc(N4CCN(C(=O)OC(C)(C)C)CC4)c4ccnnc34)cc2s1. The average molecular weight is 523 g/mol. The Bertz CT molecular complexity index is 1510. The summed E-state index contributed by atoms with van der Waals surface area (Å²) in [6.07, 6.45) is 1.26. The Morgan fingerprint density at radius 3 is 2.57 bits per heavy atom. The van der Waals surface area contributed by atoms with Gasteiger partial charge in [0.1, 0.15) is 16.6 Å². The number of thiazole rings is 1. The molecule has 2 aromatic carbocycles. The number of hydrogen-bond acceptors (Lipinski definition) is 8. The largest absolute Gasteiger partial charge is 0.444 e. The summed E-state index contributed by atoms with van der Waals surface area (Å²) in [6, 6.07) is 8.38. The highest BCUT2D eigenvalue weighted by Gasteiger charge is 2.27. The zero-order valence-corrected chi connectivity index (χ0v) is 21.9. The van der Waals surface area contributed by atoms with Crippen molar-refractivity contribution in [3.8, 4) is 0 Å². The lowest BCUT2D eigenvalue weighted by molar-refractivity contribution is 0.0240. The zero-order valence-electron chi connectivity index (χ0n) is 21.0. The monoisotopic (exact) mass is 522 g/mol. The van der Waals surface area contributed by atoms with Crippen LogP contribution >= 0.6 is 11.3 Å². The van der Waals surface area contributed by atoms with E-state index in [0.29, 0.717) is 53.2 Å². The molecule has 0 saturated carbocycles. The molecule has 37 heavy (non-hydrogen) atoms. The molecule has 1 aliphatic rings. The highest BCUT2D eigenvalue weighted by molar-refractivity contribution is 7.18. The van der Waals surface area contributed by atoms with Crippen LogP contribution in [0.4, 0.5) is 20.6 Å². The van der Waals surface area contributed by atoms with Crippen LogP contribution in [-0.4, -0.2) is 63.9 Å². The van der Waals surface area contributed by atoms with E-state index in [1.165, 1.54) is 17.4 Å². The second-order valence-corrected chi connectivity index (χ2v) is 11.1. The summed E-state index contributed by atoms with van der Waals surface area (Å²) in [7, 11) is 0. The molecule has 0 bridgehead atoms. The summed E-state index contributed by atoms with van der Waals surface area (Å²) in [5, 5.41) is 12.6. The van der Waals surface area contributed by atoms with Gasteiger partial charge in [-0.2, -0.15) is 5.10 Å². The van der Waals surface area contributed by atoms with Gasteiger partial charge in [0.05, 0.1) is 21.5 Å². The molecule has 1 aliphatic heterocycles. The second-order valence-electron chi connectivity index (χ2n) is 9.87. The van der Waals surface area contributed by atoms with Crippen LogP contribution in [0.2, 0.25) is 0 Å². The smallest absolute Gasteiger partial charge is 0.410 e. The molecule has 192 valence electrons. The minimum atomic E-state index is -0.545. The third-order valence-electron chi connectivity index (χ3n) is 5.99. The number of hydrogen-bond donors (Lipinski definition) is 1. The summed E-state index contributed by atoms with van der Waals surface area (Å²) in [4.78, 5) is 33.7. The van der Waals surface area contributed by atoms with Gasteiger partial charge in [0.25, 0.3) is 5.91 Å². The molecule has 5 rings (SSSR count). The van der Waals surface area contributed by atoms with Crippen LogP contribution in [0, 0.1) is 12.7 Å². The van der Waals surface area contributed by atoms with Crippen LogP contribution in [0.1, 0.15) is 36.1 Å². The summed E-state index contributed by atoms with van der Waals surface area (Å²) in [6.45, 7) is 9.60. The molecule has 1 fully saturated rings. The minimum absolute atomic E-state index is 0.299. The first kappa shape index (κ1) is 24.8. The van der Waals surface area contributed by atoms with E-state index in [2.05, 4.69) is 25.4 Å². The van der Waals surface area contributed by atoms with Crippen LogP contribution in [0.5, 0.6) is 0 Å². The van der Waals surface area contributed by atoms with E-state index in [-0.39, 0.29) is 6.09 Å². The van der Waals surface area contributed by atoms with E-state index < -0.39 is 17.3 Å². The Morgan fingerprint density at radius 1 is 1.08 bits per heavy atom. The fraction of sp³-hybridized carbons (Fsp3) is 0.346. The third kappa shape index (κ3) is 5.17. The van der Waals surface area contributed by atoms with Gasteiger partial charge in [-0.3, -0.25) is 4.79 Å². The van der Waals surface area contributed by atoms with Crippen molar-refractivity contribution in [3.05, 3.63) is 52.9 Å². The Hall–Kier alpha value is -3.86. The van der Waals surface area contributed by atoms with Gasteiger partial charge in [0.2, 0.25) is 0 Å². The molecule has 1 N–H and O–H groups in total. The summed E-state index contributed by atoms with van der Waals surface area (Å²) in [5.74, 6) is -0.894. The number of aromatic nitrogens is 3. The quantitative estimate of drug-likeness (QED) is 0.404. The Labute approximate surface area is 217 Å². The molecule has 0 atom stereocenters. The highest BCUT2D eigenvalue weighted by Crippen LogP contribution is 2.31. The third-order valence-corrected chi connectivity index (χ3v) is 6.91. The maximum Gasteiger partial charge on any atom is 0.410 e. The van der Waals surface area contributed by atoms with Crippen molar-refractivity contribution in [2.75, 3.05) is 36.4 Å². The van der Waals surface area contributed by atoms with Crippen molar-refractivity contribution in [2.24, 2.45) is 0 Å². The first-order valence-electron chi connectivity index (χ1n) is 11.9. The minimum Gasteiger partial charge on any atom is -0.444 e. The van der Waals surface area contributed by atoms with Crippen molar-refractivity contribution in [1.29, 1.82) is 0 Å². The molecule has 0 spiro atoms. The van der Waals surface area contributed by atoms with Gasteiger partial charge in [-0.05, 0) is 58.0 Å². The van der Waals surface area contributed by atoms with Gasteiger partial charge in [-0.1, -0.05) is 0 Å². The number of halogens is 1. The lowest BCUT2D eigenvalue weighted by Crippen LogP contribution is -2.50. The number of amides is 2. The molecular formula is C26H27FN6O3S. The fourth-order valence-corrected chi connectivity index (χ4v) is 5.23. The number of carbonyl (C=O) groups is 2. The van der Waals surface area contributed by atoms with E-state index in [0.717, 1.165) is 16.1 Å². The number of rotatable bonds is 3. The number of anilines is 2. The zero-order chi connectivity index (χ0) is 26.3. The number of nitrogens with zero attached hydrogens (tertiary/aromatic N) is 5. The first-order chi connectivity index (χ1) is 17.6. The standard InChI is InChI=1S/C26H27FN6O3S/c1-15-29-23-19(27)13-16(14-21(23)37-15)30-24(34)18-5-6-20(17-7-8-28-31-22(17)18)32-9-11-33(12-10-32)25(35)36-26(2,3)4/h5-8,13-14H,9-12H2,1-4H3,(H,30,34). The van der Waals surface area contributed by atoms with Crippen molar-refractivity contribution >= 4 is 55.8 Å². The predicted molar refractivity (Wildman–Crippen MR) is 142 cm³/mol. The van der Waals surface area contributed by atoms with E-state index >= 15 is 0 Å². The number of fused-ring (bicyclic) bond motifs is 2. The van der Waals surface area contributed by atoms with Crippen LogP contribution in [0.3, 0.4) is 0 Å². The number of piperazine rings is 1. The number of aryl methyl sites for hydroxylation is 1. The molecule has 9 nitrogen and oxygen atoms in total. The lowest BCUT2D eigenvalue weighted by atomic mass is 10.1. The van der Waals surface area contributed by atoms with Gasteiger partial charge >= 0.3 is 6.09 Å². The second kappa shape index (κ2) is 9.55. The highest BCUT2D eigenvalue weighted by atomic mass is 32.1. The van der Waals surface area contributed by atoms with Gasteiger partial charge in [-0.25, -0.2) is 14.2 Å². The number of benzene rings is 2. The molecule has 3 heterocycles. The van der Waals surface area contributed by atoms with Crippen LogP contribution < -0.4 is 10.2 Å². The van der Waals surface area contributed by atoms with Crippen LogP contribution in [0.25, 0.3) is 21.1 Å². The maximum absolute atomic E-state index is 14.5. The summed E-state index contributed by atoms with van der Waals surface area (Å²) >= 11 is 1.37. The van der Waals surface area contributed by atoms with Gasteiger partial charge in [-0.15, -0.1) is 16.4 Å². The van der Waals surface area contributed by atoms with Crippen molar-refractivity contribution < 1.29 is 18.7 Å². The number of ether oxygens (including phenoxy) is 1. The Kier molecular flexibility index (Phi) is 6.40. The first-order valence-corrected chi connectivity index (χ1v) is 12.8. The maximum atomic E-state index is 14.5. The number of nitrogens with one attached hydrogen (secondary N) is 1. The van der Waals surface area contributed by atoms with Crippen molar-refractivity contribution in [2.45, 2.75) is 33.3 Å². The van der Waals surface area contributed by atoms with Crippen LogP contribution in [0.15, 0.2) is 36.5 Å². The van der Waals surface area contributed by atoms with Crippen LogP contribution in [-0.2, 0) is 4.74 Å². The summed E-state index contributed by atoms with van der Waals surface area (Å²) < 4.78 is 20.7. The molecule has 4 aromatic rings. The van der Waals surface area contributed by atoms with Crippen molar-refractivity contribution in [3.63, 3.8) is 0 Å². The van der Waals surface area contributed by atoms with Gasteiger partial charge in [0.15, 0.2) is 5.82 Å². The van der Waals surface area contributed by atoms with E-state index in [1.54, 1.807) is 23.2 Å². The normalized spacial score (nSPS) is 14.3. The molecular weight excluding hydrogens is 495 g/mol. The van der Waals surface area contributed by atoms with E-state index in [9.17, 15) is 14.0 Å². The molecule has 1 saturated heterocycles. The average Bonchev–Trinajstić information content (AvgIpc) is 3.23. The molecule has 2 amide bonds. The van der Waals surface area contributed by atoms with E-state index in [1.807, 2.05) is 39.8 Å². The van der Waals surface area contributed by atoms with Crippen molar-refractivity contribution in [1.82, 2.24) is 20.1 Å².